The van der Waals surface area contributed by atoms with E-state index in [0.717, 1.165) is 5.69 Å². The summed E-state index contributed by atoms with van der Waals surface area (Å²) in [7, 11) is 0. The number of aromatic nitrogens is 7. The van der Waals surface area contributed by atoms with Gasteiger partial charge >= 0.3 is 23.9 Å². The molecule has 10 rings (SSSR count). The number of nitrogens with zero attached hydrogens (tertiary/aromatic N) is 7. The van der Waals surface area contributed by atoms with Crippen molar-refractivity contribution in [2.45, 2.75) is 153 Å². The van der Waals surface area contributed by atoms with Gasteiger partial charge in [-0.05, 0) is 174 Å². The largest absolute Gasteiger partial charge is 0.508 e. The molecule has 9 aromatic rings. The molecule has 0 saturated carbocycles. The lowest BCUT2D eigenvalue weighted by Gasteiger charge is -2.20. The zero-order valence-electron chi connectivity index (χ0n) is 55.4. The fourth-order valence-electron chi connectivity index (χ4n) is 9.60. The lowest BCUT2D eigenvalue weighted by molar-refractivity contribution is -0.156. The molecule has 3 atom stereocenters. The van der Waals surface area contributed by atoms with E-state index in [1.807, 2.05) is 61.5 Å². The Morgan fingerprint density at radius 1 is 0.687 bits per heavy atom. The Morgan fingerprint density at radius 2 is 1.19 bits per heavy atom. The number of ether oxygens (including phenoxy) is 6. The van der Waals surface area contributed by atoms with Crippen LogP contribution in [0.25, 0.3) is 16.7 Å². The second-order valence-electron chi connectivity index (χ2n) is 23.9. The van der Waals surface area contributed by atoms with Gasteiger partial charge in [0.05, 0.1) is 74.1 Å². The number of carbonyl (C=O) groups is 5. The van der Waals surface area contributed by atoms with E-state index < -0.39 is 23.4 Å². The van der Waals surface area contributed by atoms with Gasteiger partial charge in [0.15, 0.2) is 5.65 Å². The third-order valence-corrected chi connectivity index (χ3v) is 14.2. The van der Waals surface area contributed by atoms with Crippen LogP contribution in [-0.4, -0.2) is 119 Å². The number of hydrogen-bond acceptors (Lipinski definition) is 19. The minimum atomic E-state index is -0.528. The Labute approximate surface area is 581 Å². The maximum absolute atomic E-state index is 14.1. The number of halogens is 4. The van der Waals surface area contributed by atoms with Crippen LogP contribution >= 0.6 is 11.6 Å². The Morgan fingerprint density at radius 3 is 1.75 bits per heavy atom. The van der Waals surface area contributed by atoms with Crippen molar-refractivity contribution in [3.05, 3.63) is 173 Å². The molecule has 0 spiro atoms. The molecule has 1 aliphatic rings. The van der Waals surface area contributed by atoms with E-state index in [-0.39, 0.29) is 114 Å². The van der Waals surface area contributed by atoms with Crippen LogP contribution in [0.15, 0.2) is 122 Å². The molecular weight excluding hydrogens is 1300 g/mol. The number of phenols is 1. The van der Waals surface area contributed by atoms with Gasteiger partial charge in [-0.3, -0.25) is 14.4 Å². The molecule has 6 aromatic heterocycles. The van der Waals surface area contributed by atoms with Gasteiger partial charge < -0.3 is 54.8 Å². The number of aromatic hydroxyl groups is 1. The number of carbonyl (C=O) groups excluding carboxylic acids is 5. The average molecular weight is 1400 g/mol. The van der Waals surface area contributed by atoms with E-state index >= 15 is 0 Å². The molecule has 0 unspecified atom stereocenters. The summed E-state index contributed by atoms with van der Waals surface area (Å²) >= 11 is 5.41. The molecule has 0 saturated heterocycles. The third kappa shape index (κ3) is 23.8. The molecular formula is C72H93ClF3N11O12. The number of hydrogen-bond donors (Lipinski definition) is 5. The molecule has 7 heterocycles. The second kappa shape index (κ2) is 37.6. The van der Waals surface area contributed by atoms with Gasteiger partial charge in [0, 0.05) is 65.4 Å². The van der Waals surface area contributed by atoms with Crippen molar-refractivity contribution in [1.82, 2.24) is 39.1 Å². The Kier molecular flexibility index (Phi) is 30.9. The zero-order chi connectivity index (χ0) is 69.9. The minimum absolute atomic E-state index is 0. The lowest BCUT2D eigenvalue weighted by Crippen LogP contribution is -2.28. The molecule has 23 nitrogen and oxygen atoms in total. The van der Waals surface area contributed by atoms with E-state index in [1.165, 1.54) is 65.6 Å². The molecule has 1 amide bonds. The van der Waals surface area contributed by atoms with Crippen molar-refractivity contribution >= 4 is 75.3 Å². The number of amides is 1. The highest BCUT2D eigenvalue weighted by Gasteiger charge is 2.23. The highest BCUT2D eigenvalue weighted by Crippen LogP contribution is 2.33. The molecule has 3 aromatic carbocycles. The van der Waals surface area contributed by atoms with Crippen LogP contribution in [0, 0.1) is 17.5 Å². The summed E-state index contributed by atoms with van der Waals surface area (Å²) in [6.07, 6.45) is 11.4. The van der Waals surface area contributed by atoms with E-state index in [0.29, 0.717) is 105 Å². The fraction of sp³-hybridized carbons (Fsp3) is 0.403. The van der Waals surface area contributed by atoms with E-state index in [2.05, 4.69) is 41.5 Å². The van der Waals surface area contributed by atoms with E-state index in [1.54, 1.807) is 84.8 Å². The van der Waals surface area contributed by atoms with Gasteiger partial charge in [-0.25, -0.2) is 41.3 Å². The van der Waals surface area contributed by atoms with Gasteiger partial charge in [0.25, 0.3) is 5.91 Å². The van der Waals surface area contributed by atoms with Crippen LogP contribution in [0.3, 0.4) is 0 Å². The summed E-state index contributed by atoms with van der Waals surface area (Å²) in [4.78, 5) is 63.8. The van der Waals surface area contributed by atoms with Crippen LogP contribution in [0.5, 0.6) is 17.2 Å². The lowest BCUT2D eigenvalue weighted by atomic mass is 10.1. The molecule has 99 heavy (non-hydrogen) atoms. The maximum atomic E-state index is 14.1. The number of nitrogens with one attached hydrogen (secondary N) is 4. The average Bonchev–Trinajstić information content (AvgIpc) is 1.64. The number of pyridine rings is 2. The Bertz CT molecular complexity index is 4150. The summed E-state index contributed by atoms with van der Waals surface area (Å²) in [6.45, 7) is 21.5. The zero-order valence-corrected chi connectivity index (χ0v) is 56.2. The van der Waals surface area contributed by atoms with E-state index in [9.17, 15) is 42.3 Å². The number of benzene rings is 3. The van der Waals surface area contributed by atoms with E-state index in [4.69, 9.17) is 40.0 Å². The molecule has 1 aliphatic heterocycles. The van der Waals surface area contributed by atoms with Gasteiger partial charge in [-0.15, -0.1) is 11.6 Å². The van der Waals surface area contributed by atoms with Gasteiger partial charge in [0.1, 0.15) is 75.0 Å². The normalized spacial score (nSPS) is 13.1. The highest BCUT2D eigenvalue weighted by molar-refractivity contribution is 6.17. The smallest absolute Gasteiger partial charge is 0.341 e. The molecule has 27 heteroatoms. The van der Waals surface area contributed by atoms with Crippen LogP contribution in [0.4, 0.5) is 30.4 Å². The van der Waals surface area contributed by atoms with Crippen molar-refractivity contribution in [2.75, 3.05) is 54.8 Å². The summed E-state index contributed by atoms with van der Waals surface area (Å²) < 4.78 is 78.0. The maximum Gasteiger partial charge on any atom is 0.341 e. The number of fused-ring (bicyclic) bond motifs is 4. The topological polar surface area (TPSA) is 274 Å². The van der Waals surface area contributed by atoms with Crippen LogP contribution in [0.2, 0.25) is 0 Å². The SMILES string of the molecule is C.C.C.CC(C)(C)OC(=O)CCCCl.CCOC(=O)c1cnn2ccc(N[C@H](C)c3cc(F)ccc3O)cc12.CCOC(=O)c1cnn2ccc(N[C@H](C)c3cc(F)ccc3OCCCC(=O)OC(C)(C)C)cc12.C[C@H]1Nc2ccn3ncc(c3n2)C(=O)NCCOc2ccc(F)cc21. The molecule has 0 radical (unpaired) electrons. The fourth-order valence-corrected chi connectivity index (χ4v) is 9.74. The van der Waals surface area contributed by atoms with Gasteiger partial charge in [-0.2, -0.15) is 15.3 Å². The highest BCUT2D eigenvalue weighted by atomic mass is 35.5. The first-order valence-corrected chi connectivity index (χ1v) is 31.7. The Balaban J connectivity index is 0.000000293. The summed E-state index contributed by atoms with van der Waals surface area (Å²) in [5.41, 5.74) is 5.04. The quantitative estimate of drug-likeness (QED) is 0.0231. The predicted molar refractivity (Wildman–Crippen MR) is 377 cm³/mol. The Hall–Kier alpha value is -10.1. The monoisotopic (exact) mass is 1400 g/mol. The first-order chi connectivity index (χ1) is 45.6. The number of alkyl halides is 1. The number of phenolic OH excluding ortho intramolecular Hbond substituents is 1. The van der Waals surface area contributed by atoms with Crippen molar-refractivity contribution in [3.8, 4) is 17.2 Å². The number of rotatable bonds is 18. The number of esters is 4. The molecule has 2 bridgehead atoms. The van der Waals surface area contributed by atoms with Gasteiger partial charge in [0.2, 0.25) is 0 Å². The molecule has 0 fully saturated rings. The van der Waals surface area contributed by atoms with Gasteiger partial charge in [-0.1, -0.05) is 22.3 Å². The van der Waals surface area contributed by atoms with Crippen LogP contribution in [-0.2, 0) is 28.5 Å². The summed E-state index contributed by atoms with van der Waals surface area (Å²) in [5.74, 6) is -0.571. The summed E-state index contributed by atoms with van der Waals surface area (Å²) in [6, 6.07) is 20.5. The number of anilines is 3. The minimum Gasteiger partial charge on any atom is -0.508 e. The van der Waals surface area contributed by atoms with Crippen molar-refractivity contribution in [1.29, 1.82) is 0 Å². The standard InChI is InChI=1S/C26H32FN3O5.C18H18FN3O3.C17H16FN5O2.C8H15ClO2.3CH4/c1-6-33-25(32)21-16-28-30-12-11-19(15-22(21)30)29-17(2)20-14-18(27)9-10-23(20)34-13-7-8-24(31)35-26(3,4)5;1-3-25-18(24)15-10-20-22-7-6-13(9-16(15)22)21-11(2)14-8-12(19)4-5-17(14)23;1-10-12-8-11(18)2-3-14(12)25-7-5-19-17(24)13-9-20-23-6-4-15(21-10)22-16(13)23;1-8(2,3)11-7(10)5-4-6-9;;;/h9-12,14-17,29H,6-8,13H2,1-5H3;4-11,21,23H,3H2,1-2H3;2-4,6,8-10H,5,7H2,1H3,(H,19,24)(H,21,22);4-6H2,1-3H3;3*1H4/t17-;11-;10-;;;;/m111..../s1. The molecule has 0 aliphatic carbocycles. The summed E-state index contributed by atoms with van der Waals surface area (Å²) in [5, 5.41) is 34.9. The molecule has 536 valence electrons. The second-order valence-corrected chi connectivity index (χ2v) is 24.3. The van der Waals surface area contributed by atoms with Crippen molar-refractivity contribution < 1.29 is 70.7 Å². The van der Waals surface area contributed by atoms with Crippen LogP contribution in [0.1, 0.15) is 190 Å². The first kappa shape index (κ1) is 81.3. The van der Waals surface area contributed by atoms with Crippen molar-refractivity contribution in [2.24, 2.45) is 0 Å². The third-order valence-electron chi connectivity index (χ3n) is 13.9. The van der Waals surface area contributed by atoms with Crippen molar-refractivity contribution in [3.63, 3.8) is 0 Å². The predicted octanol–water partition coefficient (Wildman–Crippen LogP) is 15.3. The van der Waals surface area contributed by atoms with Crippen LogP contribution < -0.4 is 30.7 Å². The molecule has 5 N–H and O–H groups in total. The first-order valence-electron chi connectivity index (χ1n) is 31.2.